The van der Waals surface area contributed by atoms with Gasteiger partial charge < -0.3 is 25.5 Å². The fraction of sp³-hybridized carbons (Fsp3) is 1.00. The molecule has 0 saturated heterocycles. The zero-order valence-electron chi connectivity index (χ0n) is 6.69. The third kappa shape index (κ3) is 1.67. The van der Waals surface area contributed by atoms with Crippen molar-refractivity contribution in [1.82, 2.24) is 0 Å². The number of nitrogens with two attached hydrogens (primary N) is 1. The van der Waals surface area contributed by atoms with E-state index in [1.807, 2.05) is 0 Å². The minimum Gasteiger partial charge on any atom is -0.387 e. The van der Waals surface area contributed by atoms with Crippen molar-refractivity contribution in [3.63, 3.8) is 0 Å². The highest BCUT2D eigenvalue weighted by Gasteiger charge is 2.48. The van der Waals surface area contributed by atoms with Gasteiger partial charge in [-0.1, -0.05) is 0 Å². The van der Waals surface area contributed by atoms with Gasteiger partial charge in [0.2, 0.25) is 0 Å². The molecule has 0 aromatic carbocycles. The Morgan fingerprint density at radius 3 is 1.31 bits per heavy atom. The van der Waals surface area contributed by atoms with Crippen molar-refractivity contribution in [2.45, 2.75) is 36.6 Å². The minimum absolute atomic E-state index is 1.31. The van der Waals surface area contributed by atoms with Crippen LogP contribution in [0.1, 0.15) is 0 Å². The molecule has 6 atom stereocenters. The van der Waals surface area contributed by atoms with Gasteiger partial charge in [0, 0.05) is 0 Å². The normalized spacial score (nSPS) is 52.2. The second-order valence-corrected chi connectivity index (χ2v) is 3.05. The smallest absolute Gasteiger partial charge is 0.136 e. The largest absolute Gasteiger partial charge is 0.387 e. The number of hydrogen-bond donors (Lipinski definition) is 6. The number of aliphatic hydroxyl groups is 5. The molecule has 1 saturated carbocycles. The molecule has 7 N–H and O–H groups in total. The molecule has 0 aromatic heterocycles. The summed E-state index contributed by atoms with van der Waals surface area (Å²) in [6, 6.07) is 0. The lowest BCUT2D eigenvalue weighted by atomic mass is 9.85. The van der Waals surface area contributed by atoms with E-state index in [2.05, 4.69) is 4.84 Å². The van der Waals surface area contributed by atoms with E-state index in [0.29, 0.717) is 0 Å². The molecule has 0 heterocycles. The summed E-state index contributed by atoms with van der Waals surface area (Å²) in [6.07, 6.45) is -9.17. The monoisotopic (exact) mass is 195 g/mol. The maximum Gasteiger partial charge on any atom is 0.136 e. The van der Waals surface area contributed by atoms with E-state index in [1.54, 1.807) is 0 Å². The summed E-state index contributed by atoms with van der Waals surface area (Å²) < 4.78 is 0. The van der Waals surface area contributed by atoms with Gasteiger partial charge in [-0.2, -0.15) is 0 Å². The Morgan fingerprint density at radius 1 is 0.692 bits per heavy atom. The summed E-state index contributed by atoms with van der Waals surface area (Å²) >= 11 is 0. The molecule has 1 aliphatic carbocycles. The van der Waals surface area contributed by atoms with Crippen LogP contribution in [0.4, 0.5) is 0 Å². The molecule has 78 valence electrons. The first-order valence-electron chi connectivity index (χ1n) is 3.76. The van der Waals surface area contributed by atoms with Crippen molar-refractivity contribution in [3.05, 3.63) is 0 Å². The Kier molecular flexibility index (Phi) is 3.19. The maximum atomic E-state index is 9.21. The molecule has 0 bridgehead atoms. The molecule has 1 fully saturated rings. The summed E-state index contributed by atoms with van der Waals surface area (Å²) in [5, 5.41) is 45.8. The maximum absolute atomic E-state index is 9.21. The molecule has 0 radical (unpaired) electrons. The standard InChI is InChI=1S/C6H13NO6/c7-13-6-4(11)2(9)1(8)3(10)5(6)12/h1-6,8-12H,7H2/t1?,2-,3?,4-,5?,6?/m0/s1. The van der Waals surface area contributed by atoms with E-state index in [-0.39, 0.29) is 0 Å². The lowest BCUT2D eigenvalue weighted by Gasteiger charge is -2.40. The van der Waals surface area contributed by atoms with Gasteiger partial charge in [-0.25, -0.2) is 5.90 Å². The molecule has 1 aliphatic rings. The van der Waals surface area contributed by atoms with Crippen LogP contribution in [0.15, 0.2) is 0 Å². The number of rotatable bonds is 1. The first-order chi connectivity index (χ1) is 6.00. The van der Waals surface area contributed by atoms with Crippen LogP contribution in [-0.2, 0) is 4.84 Å². The molecular formula is C6H13NO6. The molecule has 0 aliphatic heterocycles. The molecule has 7 heteroatoms. The van der Waals surface area contributed by atoms with E-state index < -0.39 is 36.6 Å². The Bertz CT molecular complexity index is 163. The second-order valence-electron chi connectivity index (χ2n) is 3.05. The van der Waals surface area contributed by atoms with Crippen LogP contribution >= 0.6 is 0 Å². The lowest BCUT2D eigenvalue weighted by Crippen LogP contribution is -2.64. The fourth-order valence-corrected chi connectivity index (χ4v) is 1.36. The Hall–Kier alpha value is -0.280. The molecular weight excluding hydrogens is 182 g/mol. The first kappa shape index (κ1) is 10.8. The van der Waals surface area contributed by atoms with Crippen molar-refractivity contribution in [3.8, 4) is 0 Å². The van der Waals surface area contributed by atoms with Crippen LogP contribution in [0.3, 0.4) is 0 Å². The molecule has 13 heavy (non-hydrogen) atoms. The van der Waals surface area contributed by atoms with Crippen LogP contribution in [0.2, 0.25) is 0 Å². The lowest BCUT2D eigenvalue weighted by molar-refractivity contribution is -0.236. The van der Waals surface area contributed by atoms with E-state index >= 15 is 0 Å². The highest BCUT2D eigenvalue weighted by Crippen LogP contribution is 2.22. The third-order valence-corrected chi connectivity index (χ3v) is 2.23. The Morgan fingerprint density at radius 2 is 1.00 bits per heavy atom. The highest BCUT2D eigenvalue weighted by atomic mass is 16.6. The van der Waals surface area contributed by atoms with Gasteiger partial charge in [-0.15, -0.1) is 0 Å². The van der Waals surface area contributed by atoms with Crippen molar-refractivity contribution >= 4 is 0 Å². The molecule has 0 aromatic rings. The van der Waals surface area contributed by atoms with Crippen molar-refractivity contribution in [2.75, 3.05) is 0 Å². The van der Waals surface area contributed by atoms with Gasteiger partial charge in [0.15, 0.2) is 0 Å². The van der Waals surface area contributed by atoms with Crippen LogP contribution in [-0.4, -0.2) is 62.2 Å². The number of aliphatic hydroxyl groups excluding tert-OH is 5. The first-order valence-corrected chi connectivity index (χ1v) is 3.76. The van der Waals surface area contributed by atoms with Crippen LogP contribution in [0.5, 0.6) is 0 Å². The topological polar surface area (TPSA) is 136 Å². The molecule has 0 amide bonds. The highest BCUT2D eigenvalue weighted by molar-refractivity contribution is 4.98. The fourth-order valence-electron chi connectivity index (χ4n) is 1.36. The van der Waals surface area contributed by atoms with Gasteiger partial charge >= 0.3 is 0 Å². The van der Waals surface area contributed by atoms with Crippen molar-refractivity contribution in [2.24, 2.45) is 5.90 Å². The van der Waals surface area contributed by atoms with Crippen LogP contribution in [0.25, 0.3) is 0 Å². The quantitative estimate of drug-likeness (QED) is 0.235. The van der Waals surface area contributed by atoms with Crippen LogP contribution in [0, 0.1) is 0 Å². The molecule has 1 rings (SSSR count). The predicted molar refractivity (Wildman–Crippen MR) is 39.1 cm³/mol. The van der Waals surface area contributed by atoms with Crippen molar-refractivity contribution in [1.29, 1.82) is 0 Å². The SMILES string of the molecule is NOC1C(O)C(O)C(O)[C@H](O)[C@@H]1O. The van der Waals surface area contributed by atoms with E-state index in [1.165, 1.54) is 0 Å². The average molecular weight is 195 g/mol. The van der Waals surface area contributed by atoms with Gasteiger partial charge in [0.1, 0.15) is 36.6 Å². The Balaban J connectivity index is 2.79. The van der Waals surface area contributed by atoms with Gasteiger partial charge in [0.05, 0.1) is 0 Å². The summed E-state index contributed by atoms with van der Waals surface area (Å²) in [6.45, 7) is 0. The predicted octanol–water partition coefficient (Wildman–Crippen LogP) is -3.94. The van der Waals surface area contributed by atoms with Crippen LogP contribution < -0.4 is 5.90 Å². The minimum atomic E-state index is -1.61. The second kappa shape index (κ2) is 3.84. The summed E-state index contributed by atoms with van der Waals surface area (Å²) in [4.78, 5) is 4.17. The Labute approximate surface area is 73.9 Å². The van der Waals surface area contributed by atoms with Crippen molar-refractivity contribution < 1.29 is 30.4 Å². The van der Waals surface area contributed by atoms with E-state index in [0.717, 1.165) is 0 Å². The van der Waals surface area contributed by atoms with Gasteiger partial charge in [-0.3, -0.25) is 4.84 Å². The zero-order chi connectivity index (χ0) is 10.2. The van der Waals surface area contributed by atoms with E-state index in [4.69, 9.17) is 21.2 Å². The molecule has 7 nitrogen and oxygen atoms in total. The van der Waals surface area contributed by atoms with Gasteiger partial charge in [0.25, 0.3) is 0 Å². The summed E-state index contributed by atoms with van der Waals surface area (Å²) in [5.74, 6) is 4.73. The molecule has 4 unspecified atom stereocenters. The average Bonchev–Trinajstić information content (AvgIpc) is 2.13. The molecule has 0 spiro atoms. The third-order valence-electron chi connectivity index (χ3n) is 2.23. The van der Waals surface area contributed by atoms with Gasteiger partial charge in [-0.05, 0) is 0 Å². The zero-order valence-corrected chi connectivity index (χ0v) is 6.69. The summed E-state index contributed by atoms with van der Waals surface area (Å²) in [5.41, 5.74) is 0. The van der Waals surface area contributed by atoms with E-state index in [9.17, 15) is 10.2 Å². The number of hydrogen-bond acceptors (Lipinski definition) is 7. The summed E-state index contributed by atoms with van der Waals surface area (Å²) in [7, 11) is 0.